The number of nitrogens with zero attached hydrogens (tertiary/aromatic N) is 2. The summed E-state index contributed by atoms with van der Waals surface area (Å²) in [4.78, 5) is 35.9. The average Bonchev–Trinajstić information content (AvgIpc) is 3.13. The van der Waals surface area contributed by atoms with Crippen molar-refractivity contribution in [1.29, 1.82) is 0 Å². The predicted octanol–water partition coefficient (Wildman–Crippen LogP) is 4.16. The maximum Gasteiger partial charge on any atom is 0.253 e. The van der Waals surface area contributed by atoms with E-state index in [0.717, 1.165) is 16.8 Å². The molecule has 3 aromatic heterocycles. The van der Waals surface area contributed by atoms with Crippen LogP contribution in [0.3, 0.4) is 0 Å². The highest BCUT2D eigenvalue weighted by atomic mass is 35.5. The fraction of sp³-hybridized carbons (Fsp3) is 0.273. The lowest BCUT2D eigenvalue weighted by Crippen LogP contribution is -2.34. The Labute approximate surface area is 182 Å². The van der Waals surface area contributed by atoms with E-state index in [4.69, 9.17) is 11.6 Å². The maximum atomic E-state index is 15.7. The minimum atomic E-state index is -0.549. The second-order valence-corrected chi connectivity index (χ2v) is 8.32. The molecule has 3 aromatic rings. The van der Waals surface area contributed by atoms with Crippen LogP contribution < -0.4 is 10.6 Å². The van der Waals surface area contributed by atoms with Crippen molar-refractivity contribution in [2.45, 2.75) is 32.6 Å². The Hall–Kier alpha value is -3.26. The molecule has 0 fully saturated rings. The topological polar surface area (TPSA) is 99.8 Å². The second kappa shape index (κ2) is 7.16. The van der Waals surface area contributed by atoms with Crippen molar-refractivity contribution in [1.82, 2.24) is 20.3 Å². The number of ketones is 1. The van der Waals surface area contributed by atoms with E-state index >= 15 is 4.39 Å². The van der Waals surface area contributed by atoms with Gasteiger partial charge in [0.2, 0.25) is 0 Å². The molecule has 0 saturated heterocycles. The van der Waals surface area contributed by atoms with Crippen LogP contribution in [0.2, 0.25) is 5.15 Å². The number of anilines is 2. The predicted molar refractivity (Wildman–Crippen MR) is 115 cm³/mol. The van der Waals surface area contributed by atoms with Crippen molar-refractivity contribution in [3.05, 3.63) is 57.4 Å². The fourth-order valence-corrected chi connectivity index (χ4v) is 4.52. The Balaban J connectivity index is 1.64. The van der Waals surface area contributed by atoms with Gasteiger partial charge in [-0.15, -0.1) is 0 Å². The monoisotopic (exact) mass is 439 g/mol. The molecule has 9 heteroatoms. The van der Waals surface area contributed by atoms with E-state index in [1.165, 1.54) is 19.2 Å². The Morgan fingerprint density at radius 1 is 1.26 bits per heavy atom. The minimum Gasteiger partial charge on any atom is -0.357 e. The smallest absolute Gasteiger partial charge is 0.253 e. The third-order valence-electron chi connectivity index (χ3n) is 5.92. The van der Waals surface area contributed by atoms with E-state index in [2.05, 4.69) is 25.6 Å². The van der Waals surface area contributed by atoms with Crippen LogP contribution >= 0.6 is 11.6 Å². The number of aromatic nitrogens is 3. The van der Waals surface area contributed by atoms with Crippen molar-refractivity contribution in [2.75, 3.05) is 11.9 Å². The summed E-state index contributed by atoms with van der Waals surface area (Å²) in [5.41, 5.74) is 4.70. The van der Waals surface area contributed by atoms with Gasteiger partial charge in [-0.05, 0) is 37.0 Å². The van der Waals surface area contributed by atoms with Crippen LogP contribution in [0, 0.1) is 5.82 Å². The van der Waals surface area contributed by atoms with Gasteiger partial charge in [-0.3, -0.25) is 9.59 Å². The SMILES string of the molecule is CC(=O)c1cnc(Cl)cc1Nc1ncc2c(c1F)-c1[nH]c3c(c1CC2)C(=O)NCC3C. The molecule has 0 saturated carbocycles. The number of halogens is 2. The number of rotatable bonds is 3. The van der Waals surface area contributed by atoms with Crippen LogP contribution in [0.25, 0.3) is 11.3 Å². The Bertz CT molecular complexity index is 1270. The minimum absolute atomic E-state index is 0.0264. The summed E-state index contributed by atoms with van der Waals surface area (Å²) in [6, 6.07) is 1.46. The summed E-state index contributed by atoms with van der Waals surface area (Å²) in [6.45, 7) is 3.96. The molecule has 1 aliphatic carbocycles. The van der Waals surface area contributed by atoms with Gasteiger partial charge in [0.15, 0.2) is 17.4 Å². The highest BCUT2D eigenvalue weighted by molar-refractivity contribution is 6.29. The first-order valence-corrected chi connectivity index (χ1v) is 10.4. The zero-order valence-corrected chi connectivity index (χ0v) is 17.7. The summed E-state index contributed by atoms with van der Waals surface area (Å²) in [6.07, 6.45) is 4.19. The van der Waals surface area contributed by atoms with Gasteiger partial charge < -0.3 is 15.6 Å². The number of Topliss-reactive ketones (excluding diaryl/α,β-unsaturated/α-hetero) is 1. The van der Waals surface area contributed by atoms with E-state index in [-0.39, 0.29) is 34.1 Å². The van der Waals surface area contributed by atoms with Crippen molar-refractivity contribution in [3.8, 4) is 11.3 Å². The molecular weight excluding hydrogens is 421 g/mol. The van der Waals surface area contributed by atoms with E-state index in [1.807, 2.05) is 6.92 Å². The summed E-state index contributed by atoms with van der Waals surface area (Å²) in [5, 5.41) is 5.97. The highest BCUT2D eigenvalue weighted by Crippen LogP contribution is 2.42. The van der Waals surface area contributed by atoms with E-state index in [9.17, 15) is 9.59 Å². The summed E-state index contributed by atoms with van der Waals surface area (Å²) in [5.74, 6) is -0.820. The molecule has 1 amide bonds. The number of carbonyl (C=O) groups is 2. The largest absolute Gasteiger partial charge is 0.357 e. The molecule has 2 aliphatic rings. The van der Waals surface area contributed by atoms with Gasteiger partial charge >= 0.3 is 0 Å². The van der Waals surface area contributed by atoms with Crippen molar-refractivity contribution < 1.29 is 14.0 Å². The van der Waals surface area contributed by atoms with Gasteiger partial charge in [0.25, 0.3) is 5.91 Å². The first-order chi connectivity index (χ1) is 14.8. The van der Waals surface area contributed by atoms with Crippen LogP contribution in [-0.4, -0.2) is 33.2 Å². The summed E-state index contributed by atoms with van der Waals surface area (Å²) < 4.78 is 15.7. The molecular formula is C22H19ClFN5O2. The lowest BCUT2D eigenvalue weighted by atomic mass is 9.87. The molecule has 31 heavy (non-hydrogen) atoms. The number of aromatic amines is 1. The van der Waals surface area contributed by atoms with E-state index < -0.39 is 5.82 Å². The molecule has 4 heterocycles. The molecule has 0 aromatic carbocycles. The number of H-pyrrole nitrogens is 1. The van der Waals surface area contributed by atoms with Gasteiger partial charge in [-0.2, -0.15) is 0 Å². The standard InChI is InChI=1S/C22H19ClFN5O2/c1-9-6-27-22(31)17-12-4-3-11-7-26-21(18(24)16(11)20(12)29-19(9)17)28-14-5-15(23)25-8-13(14)10(2)30/h5,7-9,29H,3-4,6H2,1-2H3,(H,27,31)(H,25,26,28). The molecule has 1 aliphatic heterocycles. The number of nitrogens with one attached hydrogen (secondary N) is 3. The molecule has 7 nitrogen and oxygen atoms in total. The van der Waals surface area contributed by atoms with Crippen molar-refractivity contribution in [3.63, 3.8) is 0 Å². The van der Waals surface area contributed by atoms with Crippen molar-refractivity contribution >= 4 is 34.8 Å². The number of fused-ring (bicyclic) bond motifs is 5. The number of pyridine rings is 2. The summed E-state index contributed by atoms with van der Waals surface area (Å²) in [7, 11) is 0. The highest BCUT2D eigenvalue weighted by Gasteiger charge is 2.34. The zero-order valence-electron chi connectivity index (χ0n) is 16.9. The second-order valence-electron chi connectivity index (χ2n) is 7.93. The molecule has 1 unspecified atom stereocenters. The van der Waals surface area contributed by atoms with Gasteiger partial charge in [0, 0.05) is 36.1 Å². The third kappa shape index (κ3) is 3.09. The first-order valence-electron chi connectivity index (χ1n) is 9.99. The van der Waals surface area contributed by atoms with Gasteiger partial charge in [-0.1, -0.05) is 18.5 Å². The Kier molecular flexibility index (Phi) is 4.55. The Morgan fingerprint density at radius 3 is 2.84 bits per heavy atom. The molecule has 158 valence electrons. The molecule has 0 bridgehead atoms. The number of amides is 1. The fourth-order valence-electron chi connectivity index (χ4n) is 4.36. The summed E-state index contributed by atoms with van der Waals surface area (Å²) >= 11 is 5.98. The van der Waals surface area contributed by atoms with Gasteiger partial charge in [-0.25, -0.2) is 14.4 Å². The quantitative estimate of drug-likeness (QED) is 0.420. The first kappa shape index (κ1) is 19.7. The van der Waals surface area contributed by atoms with Crippen LogP contribution in [-0.2, 0) is 12.8 Å². The zero-order chi connectivity index (χ0) is 21.9. The number of aryl methyl sites for hydroxylation is 1. The lowest BCUT2D eigenvalue weighted by Gasteiger charge is -2.21. The van der Waals surface area contributed by atoms with E-state index in [0.29, 0.717) is 41.9 Å². The Morgan fingerprint density at radius 2 is 2.06 bits per heavy atom. The normalized spacial score (nSPS) is 16.8. The number of hydrogen-bond donors (Lipinski definition) is 3. The van der Waals surface area contributed by atoms with Gasteiger partial charge in [0.1, 0.15) is 5.15 Å². The molecule has 0 radical (unpaired) electrons. The third-order valence-corrected chi connectivity index (χ3v) is 6.12. The maximum absolute atomic E-state index is 15.7. The van der Waals surface area contributed by atoms with Crippen LogP contribution in [0.5, 0.6) is 0 Å². The van der Waals surface area contributed by atoms with Crippen LogP contribution in [0.4, 0.5) is 15.9 Å². The molecule has 5 rings (SSSR count). The van der Waals surface area contributed by atoms with Gasteiger partial charge in [0.05, 0.1) is 22.5 Å². The molecule has 1 atom stereocenters. The van der Waals surface area contributed by atoms with Crippen molar-refractivity contribution in [2.24, 2.45) is 0 Å². The number of carbonyl (C=O) groups excluding carboxylic acids is 2. The molecule has 3 N–H and O–H groups in total. The average molecular weight is 440 g/mol. The van der Waals surface area contributed by atoms with Crippen LogP contribution in [0.1, 0.15) is 57.3 Å². The number of hydrogen-bond acceptors (Lipinski definition) is 5. The molecule has 0 spiro atoms. The van der Waals surface area contributed by atoms with E-state index in [1.54, 1.807) is 6.20 Å². The van der Waals surface area contributed by atoms with Crippen LogP contribution in [0.15, 0.2) is 18.5 Å². The lowest BCUT2D eigenvalue weighted by molar-refractivity contribution is 0.0939.